The molecule has 0 amide bonds. The standard InChI is InChI=1S/C14H25ClN4/c1-11-4-5-16-9-12(11)8-14-13(15)10-17-19(14)7-6-18(2)3/h10-12,16H,4-9H2,1-3H3. The lowest BCUT2D eigenvalue weighted by Gasteiger charge is -2.29. The van der Waals surface area contributed by atoms with Crippen LogP contribution >= 0.6 is 11.6 Å². The predicted molar refractivity (Wildman–Crippen MR) is 79.6 cm³/mol. The Bertz CT molecular complexity index is 402. The maximum Gasteiger partial charge on any atom is 0.0817 e. The molecule has 1 aromatic heterocycles. The third-order valence-electron chi connectivity index (χ3n) is 4.10. The van der Waals surface area contributed by atoms with E-state index in [1.54, 1.807) is 6.20 Å². The molecule has 1 aliphatic rings. The summed E-state index contributed by atoms with van der Waals surface area (Å²) in [7, 11) is 4.16. The molecule has 1 fully saturated rings. The molecule has 1 aliphatic heterocycles. The zero-order valence-corrected chi connectivity index (χ0v) is 13.0. The largest absolute Gasteiger partial charge is 0.316 e. The third-order valence-corrected chi connectivity index (χ3v) is 4.42. The van der Waals surface area contributed by atoms with E-state index in [4.69, 9.17) is 11.6 Å². The summed E-state index contributed by atoms with van der Waals surface area (Å²) < 4.78 is 2.07. The van der Waals surface area contributed by atoms with E-state index in [1.807, 2.05) is 0 Å². The van der Waals surface area contributed by atoms with E-state index >= 15 is 0 Å². The molecule has 19 heavy (non-hydrogen) atoms. The highest BCUT2D eigenvalue weighted by Crippen LogP contribution is 2.26. The average molecular weight is 285 g/mol. The van der Waals surface area contributed by atoms with Gasteiger partial charge in [-0.3, -0.25) is 4.68 Å². The molecule has 0 saturated carbocycles. The van der Waals surface area contributed by atoms with Gasteiger partial charge in [-0.1, -0.05) is 18.5 Å². The molecule has 1 N–H and O–H groups in total. The molecule has 1 aromatic rings. The Labute approximate surface area is 121 Å². The van der Waals surface area contributed by atoms with Crippen molar-refractivity contribution in [1.29, 1.82) is 0 Å². The molecule has 2 atom stereocenters. The first-order chi connectivity index (χ1) is 9.08. The van der Waals surface area contributed by atoms with Crippen LogP contribution in [0.4, 0.5) is 0 Å². The number of aromatic nitrogens is 2. The Morgan fingerprint density at radius 3 is 3.00 bits per heavy atom. The van der Waals surface area contributed by atoms with Crippen molar-refractivity contribution in [2.75, 3.05) is 33.7 Å². The van der Waals surface area contributed by atoms with Gasteiger partial charge >= 0.3 is 0 Å². The molecule has 0 bridgehead atoms. The van der Waals surface area contributed by atoms with E-state index in [2.05, 4.69) is 41.0 Å². The van der Waals surface area contributed by atoms with E-state index in [0.717, 1.165) is 43.5 Å². The van der Waals surface area contributed by atoms with E-state index in [-0.39, 0.29) is 0 Å². The number of nitrogens with zero attached hydrogens (tertiary/aromatic N) is 3. The molecule has 0 radical (unpaired) electrons. The van der Waals surface area contributed by atoms with Gasteiger partial charge in [0.2, 0.25) is 0 Å². The van der Waals surface area contributed by atoms with Crippen LogP contribution in [0.5, 0.6) is 0 Å². The lowest BCUT2D eigenvalue weighted by molar-refractivity contribution is 0.266. The molecular weight excluding hydrogens is 260 g/mol. The molecule has 2 rings (SSSR count). The summed E-state index contributed by atoms with van der Waals surface area (Å²) in [5.74, 6) is 1.43. The van der Waals surface area contributed by atoms with Gasteiger partial charge in [0.25, 0.3) is 0 Å². The maximum atomic E-state index is 6.31. The van der Waals surface area contributed by atoms with Crippen LogP contribution in [0.25, 0.3) is 0 Å². The smallest absolute Gasteiger partial charge is 0.0817 e. The topological polar surface area (TPSA) is 33.1 Å². The van der Waals surface area contributed by atoms with Crippen molar-refractivity contribution in [3.63, 3.8) is 0 Å². The van der Waals surface area contributed by atoms with Crippen molar-refractivity contribution in [1.82, 2.24) is 20.0 Å². The van der Waals surface area contributed by atoms with Crippen LogP contribution in [0.2, 0.25) is 5.02 Å². The number of likely N-dealkylation sites (N-methyl/N-ethyl adjacent to an activating group) is 1. The van der Waals surface area contributed by atoms with Crippen LogP contribution in [0.3, 0.4) is 0 Å². The average Bonchev–Trinajstić information content (AvgIpc) is 2.71. The first-order valence-electron chi connectivity index (χ1n) is 7.13. The highest BCUT2D eigenvalue weighted by Gasteiger charge is 2.23. The molecule has 5 heteroatoms. The molecule has 108 valence electrons. The van der Waals surface area contributed by atoms with Crippen molar-refractivity contribution in [3.05, 3.63) is 16.9 Å². The van der Waals surface area contributed by atoms with Gasteiger partial charge in [0.05, 0.1) is 23.5 Å². The zero-order chi connectivity index (χ0) is 13.8. The minimum atomic E-state index is 0.668. The fraction of sp³-hybridized carbons (Fsp3) is 0.786. The Balaban J connectivity index is 2.03. The highest BCUT2D eigenvalue weighted by atomic mass is 35.5. The Kier molecular flexibility index (Phi) is 5.25. The molecule has 2 heterocycles. The Morgan fingerprint density at radius 2 is 2.32 bits per heavy atom. The van der Waals surface area contributed by atoms with Crippen LogP contribution in [0.15, 0.2) is 6.20 Å². The fourth-order valence-electron chi connectivity index (χ4n) is 2.65. The summed E-state index contributed by atoms with van der Waals surface area (Å²) in [4.78, 5) is 2.17. The maximum absolute atomic E-state index is 6.31. The molecular formula is C14H25ClN4. The highest BCUT2D eigenvalue weighted by molar-refractivity contribution is 6.31. The molecule has 0 spiro atoms. The quantitative estimate of drug-likeness (QED) is 0.896. The van der Waals surface area contributed by atoms with E-state index < -0.39 is 0 Å². The summed E-state index contributed by atoms with van der Waals surface area (Å²) in [6.45, 7) is 6.48. The Hall–Kier alpha value is -0.580. The van der Waals surface area contributed by atoms with Gasteiger partial charge in [0.1, 0.15) is 0 Å². The third kappa shape index (κ3) is 3.94. The minimum absolute atomic E-state index is 0.668. The van der Waals surface area contributed by atoms with Crippen LogP contribution < -0.4 is 5.32 Å². The molecule has 0 aliphatic carbocycles. The van der Waals surface area contributed by atoms with Crippen molar-refractivity contribution >= 4 is 11.6 Å². The summed E-state index contributed by atoms with van der Waals surface area (Å²) in [5, 5.41) is 8.72. The van der Waals surface area contributed by atoms with E-state index in [9.17, 15) is 0 Å². The first-order valence-corrected chi connectivity index (χ1v) is 7.51. The monoisotopic (exact) mass is 284 g/mol. The number of nitrogens with one attached hydrogen (secondary N) is 1. The van der Waals surface area contributed by atoms with Gasteiger partial charge in [-0.25, -0.2) is 0 Å². The predicted octanol–water partition coefficient (Wildman–Crippen LogP) is 1.89. The second-order valence-corrected chi connectivity index (χ2v) is 6.31. The normalized spacial score (nSPS) is 24.1. The van der Waals surface area contributed by atoms with Gasteiger partial charge in [0, 0.05) is 6.54 Å². The minimum Gasteiger partial charge on any atom is -0.316 e. The lowest BCUT2D eigenvalue weighted by atomic mass is 9.85. The van der Waals surface area contributed by atoms with Crippen molar-refractivity contribution < 1.29 is 0 Å². The molecule has 0 aromatic carbocycles. The van der Waals surface area contributed by atoms with E-state index in [1.165, 1.54) is 12.1 Å². The molecule has 2 unspecified atom stereocenters. The summed E-state index contributed by atoms with van der Waals surface area (Å²) in [5.41, 5.74) is 1.20. The summed E-state index contributed by atoms with van der Waals surface area (Å²) in [6, 6.07) is 0. The SMILES string of the molecule is CC1CCNCC1Cc1c(Cl)cnn1CCN(C)C. The van der Waals surface area contributed by atoms with Crippen molar-refractivity contribution in [3.8, 4) is 0 Å². The van der Waals surface area contributed by atoms with Gasteiger partial charge < -0.3 is 10.2 Å². The van der Waals surface area contributed by atoms with Crippen LogP contribution in [0.1, 0.15) is 19.0 Å². The van der Waals surface area contributed by atoms with Gasteiger partial charge in [-0.15, -0.1) is 0 Å². The van der Waals surface area contributed by atoms with Crippen LogP contribution in [-0.4, -0.2) is 48.4 Å². The van der Waals surface area contributed by atoms with Crippen molar-refractivity contribution in [2.45, 2.75) is 26.3 Å². The van der Waals surface area contributed by atoms with Gasteiger partial charge in [-0.05, 0) is 51.9 Å². The summed E-state index contributed by atoms with van der Waals surface area (Å²) in [6.07, 6.45) is 4.07. The number of piperidine rings is 1. The van der Waals surface area contributed by atoms with Crippen LogP contribution in [-0.2, 0) is 13.0 Å². The second kappa shape index (κ2) is 6.73. The van der Waals surface area contributed by atoms with Crippen molar-refractivity contribution in [2.24, 2.45) is 11.8 Å². The van der Waals surface area contributed by atoms with Gasteiger partial charge in [0.15, 0.2) is 0 Å². The number of rotatable bonds is 5. The first kappa shape index (κ1) is 14.8. The lowest BCUT2D eigenvalue weighted by Crippen LogP contribution is -2.37. The fourth-order valence-corrected chi connectivity index (χ4v) is 2.87. The zero-order valence-electron chi connectivity index (χ0n) is 12.2. The molecule has 1 saturated heterocycles. The summed E-state index contributed by atoms with van der Waals surface area (Å²) >= 11 is 6.31. The second-order valence-electron chi connectivity index (χ2n) is 5.90. The van der Waals surface area contributed by atoms with Gasteiger partial charge in [-0.2, -0.15) is 5.10 Å². The number of halogens is 1. The Morgan fingerprint density at radius 1 is 1.53 bits per heavy atom. The molecule has 4 nitrogen and oxygen atoms in total. The number of hydrogen-bond acceptors (Lipinski definition) is 3. The van der Waals surface area contributed by atoms with Crippen LogP contribution in [0, 0.1) is 11.8 Å². The van der Waals surface area contributed by atoms with E-state index in [0.29, 0.717) is 5.92 Å². The number of hydrogen-bond donors (Lipinski definition) is 1.